The lowest BCUT2D eigenvalue weighted by Crippen LogP contribution is -2.44. The maximum Gasteiger partial charge on any atom is 0.194 e. The summed E-state index contributed by atoms with van der Waals surface area (Å²) in [5.41, 5.74) is 0. The average Bonchev–Trinajstić information content (AvgIpc) is 2.12. The quantitative estimate of drug-likeness (QED) is 0.380. The van der Waals surface area contributed by atoms with E-state index in [1.165, 1.54) is 0 Å². The molecule has 0 aromatic rings. The first kappa shape index (κ1) is 11.4. The number of Topliss-reactive ketones (excluding diaryl/α,β-unsaturated/α-hetero) is 1. The van der Waals surface area contributed by atoms with Crippen LogP contribution in [0.25, 0.3) is 0 Å². The van der Waals surface area contributed by atoms with Crippen molar-refractivity contribution < 1.29 is 29.6 Å². The average molecular weight is 182 g/mol. The van der Waals surface area contributed by atoms with Crippen molar-refractivity contribution in [3.05, 3.63) is 0 Å². The molecule has 0 aliphatic heterocycles. The van der Waals surface area contributed by atoms with Gasteiger partial charge >= 0.3 is 0 Å². The molecule has 0 aromatic carbocycles. The van der Waals surface area contributed by atoms with E-state index in [2.05, 4.69) is 0 Å². The standard InChI is InChI=1S/C6H11FO5/c7-1-3(9)5(11)6(12)4(10)2-8/h4-6,8,10-12H,1-2H2/t4-,5-,6+/m0/s1. The van der Waals surface area contributed by atoms with E-state index < -0.39 is 37.4 Å². The fourth-order valence-corrected chi connectivity index (χ4v) is 0.588. The molecule has 0 radical (unpaired) electrons. The fraction of sp³-hybridized carbons (Fsp3) is 0.833. The third-order valence-electron chi connectivity index (χ3n) is 1.37. The van der Waals surface area contributed by atoms with E-state index in [1.54, 1.807) is 0 Å². The Labute approximate surface area is 68.1 Å². The molecule has 0 fully saturated rings. The summed E-state index contributed by atoms with van der Waals surface area (Å²) in [5.74, 6) is -1.23. The van der Waals surface area contributed by atoms with Gasteiger partial charge in [-0.15, -0.1) is 0 Å². The normalized spacial score (nSPS) is 18.4. The van der Waals surface area contributed by atoms with E-state index in [0.717, 1.165) is 0 Å². The van der Waals surface area contributed by atoms with E-state index in [-0.39, 0.29) is 0 Å². The third kappa shape index (κ3) is 2.82. The maximum atomic E-state index is 11.6. The smallest absolute Gasteiger partial charge is 0.194 e. The molecule has 5 nitrogen and oxygen atoms in total. The second kappa shape index (κ2) is 5.15. The molecular weight excluding hydrogens is 171 g/mol. The number of carbonyl (C=O) groups excluding carboxylic acids is 1. The van der Waals surface area contributed by atoms with Gasteiger partial charge in [0.15, 0.2) is 12.5 Å². The third-order valence-corrected chi connectivity index (χ3v) is 1.37. The number of alkyl halides is 1. The molecule has 0 rings (SSSR count). The largest absolute Gasteiger partial charge is 0.394 e. The highest BCUT2D eigenvalue weighted by molar-refractivity contribution is 5.84. The SMILES string of the molecule is O=C(CF)[C@H](O)[C@H](O)[C@@H](O)CO. The summed E-state index contributed by atoms with van der Waals surface area (Å²) in [4.78, 5) is 10.4. The van der Waals surface area contributed by atoms with Gasteiger partial charge in [0.1, 0.15) is 18.3 Å². The maximum absolute atomic E-state index is 11.6. The number of hydrogen-bond acceptors (Lipinski definition) is 5. The molecule has 0 saturated carbocycles. The van der Waals surface area contributed by atoms with Gasteiger partial charge in [-0.1, -0.05) is 0 Å². The van der Waals surface area contributed by atoms with Gasteiger partial charge in [0, 0.05) is 0 Å². The lowest BCUT2D eigenvalue weighted by Gasteiger charge is -2.19. The first-order valence-electron chi connectivity index (χ1n) is 3.28. The number of aliphatic hydroxyl groups excluding tert-OH is 4. The minimum absolute atomic E-state index is 0.808. The number of carbonyl (C=O) groups is 1. The predicted octanol–water partition coefficient (Wildman–Crippen LogP) is -2.40. The van der Waals surface area contributed by atoms with Crippen molar-refractivity contribution >= 4 is 5.78 Å². The highest BCUT2D eigenvalue weighted by Crippen LogP contribution is 2.01. The molecule has 0 heterocycles. The van der Waals surface area contributed by atoms with Crippen molar-refractivity contribution in [1.29, 1.82) is 0 Å². The van der Waals surface area contributed by atoms with Crippen LogP contribution in [0.4, 0.5) is 4.39 Å². The van der Waals surface area contributed by atoms with E-state index in [9.17, 15) is 9.18 Å². The Morgan fingerprint density at radius 1 is 1.33 bits per heavy atom. The number of halogens is 1. The molecule has 0 aromatic heterocycles. The van der Waals surface area contributed by atoms with Crippen LogP contribution in [-0.4, -0.2) is 57.8 Å². The highest BCUT2D eigenvalue weighted by Gasteiger charge is 2.29. The number of hydrogen-bond donors (Lipinski definition) is 4. The van der Waals surface area contributed by atoms with Crippen molar-refractivity contribution in [1.82, 2.24) is 0 Å². The zero-order valence-electron chi connectivity index (χ0n) is 6.22. The highest BCUT2D eigenvalue weighted by atomic mass is 19.1. The van der Waals surface area contributed by atoms with Crippen LogP contribution >= 0.6 is 0 Å². The Kier molecular flexibility index (Phi) is 4.91. The van der Waals surface area contributed by atoms with Crippen molar-refractivity contribution in [3.8, 4) is 0 Å². The molecule has 3 atom stereocenters. The predicted molar refractivity (Wildman–Crippen MR) is 36.1 cm³/mol. The summed E-state index contributed by atoms with van der Waals surface area (Å²) in [6, 6.07) is 0. The minimum atomic E-state index is -1.99. The van der Waals surface area contributed by atoms with Crippen molar-refractivity contribution in [2.45, 2.75) is 18.3 Å². The lowest BCUT2D eigenvalue weighted by molar-refractivity contribution is -0.140. The zero-order chi connectivity index (χ0) is 9.72. The summed E-state index contributed by atoms with van der Waals surface area (Å²) in [7, 11) is 0. The van der Waals surface area contributed by atoms with E-state index in [4.69, 9.17) is 20.4 Å². The molecular formula is C6H11FO5. The van der Waals surface area contributed by atoms with Gasteiger partial charge in [-0.05, 0) is 0 Å². The van der Waals surface area contributed by atoms with Crippen LogP contribution in [0.3, 0.4) is 0 Å². The summed E-state index contributed by atoms with van der Waals surface area (Å²) in [6.45, 7) is -2.23. The summed E-state index contributed by atoms with van der Waals surface area (Å²) >= 11 is 0. The molecule has 4 N–H and O–H groups in total. The summed E-state index contributed by atoms with van der Waals surface area (Å²) < 4.78 is 11.6. The molecule has 0 unspecified atom stereocenters. The Morgan fingerprint density at radius 2 is 1.83 bits per heavy atom. The lowest BCUT2D eigenvalue weighted by atomic mass is 10.1. The van der Waals surface area contributed by atoms with Crippen molar-refractivity contribution in [3.63, 3.8) is 0 Å². The van der Waals surface area contributed by atoms with Gasteiger partial charge in [-0.2, -0.15) is 0 Å². The van der Waals surface area contributed by atoms with Gasteiger partial charge in [0.05, 0.1) is 6.61 Å². The van der Waals surface area contributed by atoms with Crippen LogP contribution < -0.4 is 0 Å². The molecule has 0 aliphatic rings. The number of aliphatic hydroxyl groups is 4. The van der Waals surface area contributed by atoms with Gasteiger partial charge in [0.2, 0.25) is 0 Å². The molecule has 0 bridgehead atoms. The van der Waals surface area contributed by atoms with Crippen LogP contribution in [0.1, 0.15) is 0 Å². The van der Waals surface area contributed by atoms with Crippen molar-refractivity contribution in [2.24, 2.45) is 0 Å². The van der Waals surface area contributed by atoms with Crippen molar-refractivity contribution in [2.75, 3.05) is 13.3 Å². The first-order valence-corrected chi connectivity index (χ1v) is 3.28. The van der Waals surface area contributed by atoms with E-state index in [0.29, 0.717) is 0 Å². The molecule has 12 heavy (non-hydrogen) atoms. The Hall–Kier alpha value is -0.560. The molecule has 0 saturated heterocycles. The van der Waals surface area contributed by atoms with Crippen LogP contribution in [0.2, 0.25) is 0 Å². The second-order valence-electron chi connectivity index (χ2n) is 2.29. The number of ketones is 1. The fourth-order valence-electron chi connectivity index (χ4n) is 0.588. The summed E-state index contributed by atoms with van der Waals surface area (Å²) in [5, 5.41) is 34.6. The molecule has 0 spiro atoms. The second-order valence-corrected chi connectivity index (χ2v) is 2.29. The summed E-state index contributed by atoms with van der Waals surface area (Å²) in [6.07, 6.45) is -5.48. The molecule has 0 aliphatic carbocycles. The van der Waals surface area contributed by atoms with Gasteiger partial charge < -0.3 is 20.4 Å². The first-order chi connectivity index (χ1) is 5.54. The minimum Gasteiger partial charge on any atom is -0.394 e. The Balaban J connectivity index is 4.08. The monoisotopic (exact) mass is 182 g/mol. The van der Waals surface area contributed by atoms with Gasteiger partial charge in [-0.25, -0.2) is 4.39 Å². The van der Waals surface area contributed by atoms with Crippen LogP contribution in [0, 0.1) is 0 Å². The molecule has 72 valence electrons. The van der Waals surface area contributed by atoms with Crippen LogP contribution in [0.15, 0.2) is 0 Å². The Morgan fingerprint density at radius 3 is 2.17 bits per heavy atom. The van der Waals surface area contributed by atoms with Crippen LogP contribution in [-0.2, 0) is 4.79 Å². The van der Waals surface area contributed by atoms with Gasteiger partial charge in [0.25, 0.3) is 0 Å². The van der Waals surface area contributed by atoms with Gasteiger partial charge in [-0.3, -0.25) is 4.79 Å². The topological polar surface area (TPSA) is 98.0 Å². The zero-order valence-corrected chi connectivity index (χ0v) is 6.22. The Bertz CT molecular complexity index is 151. The molecule has 6 heteroatoms. The number of rotatable bonds is 5. The van der Waals surface area contributed by atoms with E-state index >= 15 is 0 Å². The molecule has 0 amide bonds. The van der Waals surface area contributed by atoms with Crippen LogP contribution in [0.5, 0.6) is 0 Å². The van der Waals surface area contributed by atoms with E-state index in [1.807, 2.05) is 0 Å².